The van der Waals surface area contributed by atoms with Gasteiger partial charge in [0, 0.05) is 49.7 Å². The maximum Gasteiger partial charge on any atom is 0.246 e. The standard InChI is InChI=1S/C34H37N5O5/c1-3-25-23(19-35-26(25)4-2)17-28-32(42)38-29(16-22-13-9-6-10-14-22)34(44)39-20-24(40)18-30(39)33(43)37-27(31(41)36-28)15-21-11-7-5-8-12-21/h3-14,19,24,27-30,35,40H,1-2,15-18,20H2,(H,36,41)(H,37,43)(H,38,42)/t24-,27+,28-,29+,30-/m1/s1. The number of amides is 4. The summed E-state index contributed by atoms with van der Waals surface area (Å²) in [6.07, 6.45) is 4.53. The van der Waals surface area contributed by atoms with Gasteiger partial charge in [-0.15, -0.1) is 0 Å². The number of aromatic amines is 1. The molecule has 5 atom stereocenters. The molecule has 5 rings (SSSR count). The molecule has 2 saturated heterocycles. The molecule has 0 radical (unpaired) electrons. The number of rotatable bonds is 8. The summed E-state index contributed by atoms with van der Waals surface area (Å²) >= 11 is 0. The second kappa shape index (κ2) is 13.6. The van der Waals surface area contributed by atoms with Gasteiger partial charge in [-0.2, -0.15) is 0 Å². The van der Waals surface area contributed by atoms with Gasteiger partial charge in [0.25, 0.3) is 0 Å². The quantitative estimate of drug-likeness (QED) is 0.270. The minimum Gasteiger partial charge on any atom is -0.391 e. The van der Waals surface area contributed by atoms with E-state index in [1.54, 1.807) is 18.3 Å². The fraction of sp³-hybridized carbons (Fsp3) is 0.294. The molecule has 0 unspecified atom stereocenters. The van der Waals surface area contributed by atoms with E-state index in [9.17, 15) is 24.3 Å². The fourth-order valence-corrected chi connectivity index (χ4v) is 5.93. The average Bonchev–Trinajstić information content (AvgIpc) is 3.62. The van der Waals surface area contributed by atoms with Gasteiger partial charge in [0.2, 0.25) is 23.6 Å². The van der Waals surface area contributed by atoms with Crippen molar-refractivity contribution in [2.24, 2.45) is 0 Å². The van der Waals surface area contributed by atoms with E-state index in [2.05, 4.69) is 34.1 Å². The Hall–Kier alpha value is -4.96. The van der Waals surface area contributed by atoms with Crippen molar-refractivity contribution >= 4 is 35.8 Å². The van der Waals surface area contributed by atoms with Gasteiger partial charge in [-0.05, 0) is 22.8 Å². The smallest absolute Gasteiger partial charge is 0.246 e. The first-order valence-electron chi connectivity index (χ1n) is 14.7. The molecule has 0 spiro atoms. The number of carbonyl (C=O) groups excluding carboxylic acids is 4. The zero-order chi connectivity index (χ0) is 31.2. The molecule has 2 fully saturated rings. The van der Waals surface area contributed by atoms with Gasteiger partial charge >= 0.3 is 0 Å². The number of nitrogens with one attached hydrogen (secondary N) is 4. The summed E-state index contributed by atoms with van der Waals surface area (Å²) in [5, 5.41) is 19.1. The Balaban J connectivity index is 1.53. The summed E-state index contributed by atoms with van der Waals surface area (Å²) < 4.78 is 0. The van der Waals surface area contributed by atoms with E-state index in [0.717, 1.165) is 27.9 Å². The number of hydrogen-bond donors (Lipinski definition) is 5. The molecule has 44 heavy (non-hydrogen) atoms. The predicted octanol–water partition coefficient (Wildman–Crippen LogP) is 1.76. The van der Waals surface area contributed by atoms with Gasteiger partial charge in [-0.1, -0.05) is 79.9 Å². The average molecular weight is 596 g/mol. The highest BCUT2D eigenvalue weighted by atomic mass is 16.3. The first-order chi connectivity index (χ1) is 21.3. The van der Waals surface area contributed by atoms with E-state index in [1.807, 2.05) is 60.7 Å². The normalized spacial score (nSPS) is 24.3. The molecule has 2 aromatic carbocycles. The minimum absolute atomic E-state index is 0.0231. The lowest BCUT2D eigenvalue weighted by Gasteiger charge is -2.32. The van der Waals surface area contributed by atoms with Crippen LogP contribution in [0.4, 0.5) is 0 Å². The lowest BCUT2D eigenvalue weighted by atomic mass is 9.98. The van der Waals surface area contributed by atoms with E-state index < -0.39 is 53.9 Å². The molecule has 0 aliphatic carbocycles. The second-order valence-corrected chi connectivity index (χ2v) is 11.2. The van der Waals surface area contributed by atoms with E-state index >= 15 is 0 Å². The van der Waals surface area contributed by atoms with Crippen LogP contribution in [0.15, 0.2) is 80.0 Å². The van der Waals surface area contributed by atoms with Crippen LogP contribution in [0.25, 0.3) is 12.2 Å². The lowest BCUT2D eigenvalue weighted by molar-refractivity contribution is -0.143. The predicted molar refractivity (Wildman–Crippen MR) is 167 cm³/mol. The van der Waals surface area contributed by atoms with Crippen molar-refractivity contribution in [2.45, 2.75) is 56.0 Å². The molecular formula is C34H37N5O5. The zero-order valence-corrected chi connectivity index (χ0v) is 24.4. The van der Waals surface area contributed by atoms with Crippen LogP contribution in [0, 0.1) is 0 Å². The Labute approximate surface area is 256 Å². The highest BCUT2D eigenvalue weighted by Crippen LogP contribution is 2.23. The SMILES string of the molecule is C=Cc1[nH]cc(C[C@H]2NC(=O)[C@H](Cc3ccccc3)NC(=O)[C@H]3C[C@@H](O)CN3C(=O)[C@H](Cc3ccccc3)NC2=O)c1C=C. The van der Waals surface area contributed by atoms with Crippen LogP contribution in [-0.2, 0) is 38.4 Å². The molecule has 1 aromatic heterocycles. The number of H-pyrrole nitrogens is 1. The van der Waals surface area contributed by atoms with Gasteiger partial charge in [-0.3, -0.25) is 19.2 Å². The maximum atomic E-state index is 14.0. The molecule has 10 heteroatoms. The van der Waals surface area contributed by atoms with Crippen LogP contribution in [-0.4, -0.2) is 75.4 Å². The maximum absolute atomic E-state index is 14.0. The van der Waals surface area contributed by atoms with Crippen LogP contribution in [0.3, 0.4) is 0 Å². The van der Waals surface area contributed by atoms with Gasteiger partial charge in [0.1, 0.15) is 24.2 Å². The summed E-state index contributed by atoms with van der Waals surface area (Å²) in [6.45, 7) is 7.63. The molecule has 2 aliphatic heterocycles. The fourth-order valence-electron chi connectivity index (χ4n) is 5.93. The van der Waals surface area contributed by atoms with Crippen LogP contribution >= 0.6 is 0 Å². The van der Waals surface area contributed by atoms with E-state index in [1.165, 1.54) is 4.90 Å². The molecule has 0 saturated carbocycles. The van der Waals surface area contributed by atoms with E-state index in [0.29, 0.717) is 0 Å². The summed E-state index contributed by atoms with van der Waals surface area (Å²) in [4.78, 5) is 60.0. The largest absolute Gasteiger partial charge is 0.391 e. The lowest BCUT2D eigenvalue weighted by Crippen LogP contribution is -2.62. The van der Waals surface area contributed by atoms with Gasteiger partial charge in [0.15, 0.2) is 0 Å². The Morgan fingerprint density at radius 1 is 0.750 bits per heavy atom. The molecular weight excluding hydrogens is 558 g/mol. The zero-order valence-electron chi connectivity index (χ0n) is 24.4. The van der Waals surface area contributed by atoms with E-state index in [4.69, 9.17) is 0 Å². The number of carbonyl (C=O) groups is 4. The highest BCUT2D eigenvalue weighted by Gasteiger charge is 2.43. The first-order valence-corrected chi connectivity index (χ1v) is 14.7. The molecule has 4 amide bonds. The number of nitrogens with zero attached hydrogens (tertiary/aromatic N) is 1. The van der Waals surface area contributed by atoms with Gasteiger partial charge < -0.3 is 30.9 Å². The van der Waals surface area contributed by atoms with E-state index in [-0.39, 0.29) is 32.2 Å². The van der Waals surface area contributed by atoms with Crippen LogP contribution < -0.4 is 16.0 Å². The first kappa shape index (κ1) is 30.5. The molecule has 10 nitrogen and oxygen atoms in total. The van der Waals surface area contributed by atoms with Crippen LogP contribution in [0.2, 0.25) is 0 Å². The van der Waals surface area contributed by atoms with Crippen molar-refractivity contribution in [3.8, 4) is 0 Å². The molecule has 228 valence electrons. The van der Waals surface area contributed by atoms with Crippen molar-refractivity contribution in [3.63, 3.8) is 0 Å². The third-order valence-corrected chi connectivity index (χ3v) is 8.18. The summed E-state index contributed by atoms with van der Waals surface area (Å²) in [7, 11) is 0. The summed E-state index contributed by atoms with van der Waals surface area (Å²) in [6, 6.07) is 14.3. The Bertz CT molecular complexity index is 1540. The van der Waals surface area contributed by atoms with Crippen molar-refractivity contribution < 1.29 is 24.3 Å². The number of benzene rings is 2. The molecule has 0 bridgehead atoms. The number of fused-ring (bicyclic) bond motifs is 1. The number of aromatic nitrogens is 1. The third-order valence-electron chi connectivity index (χ3n) is 8.18. The monoisotopic (exact) mass is 595 g/mol. The highest BCUT2D eigenvalue weighted by molar-refractivity contribution is 5.98. The van der Waals surface area contributed by atoms with Crippen LogP contribution in [0.1, 0.15) is 34.4 Å². The van der Waals surface area contributed by atoms with Gasteiger partial charge in [0.05, 0.1) is 6.10 Å². The third kappa shape index (κ3) is 6.81. The van der Waals surface area contributed by atoms with Gasteiger partial charge in [-0.25, -0.2) is 0 Å². The minimum atomic E-state index is -1.09. The van der Waals surface area contributed by atoms with Crippen molar-refractivity contribution in [1.82, 2.24) is 25.8 Å². The summed E-state index contributed by atoms with van der Waals surface area (Å²) in [5.41, 5.74) is 3.80. The Morgan fingerprint density at radius 3 is 1.89 bits per heavy atom. The number of hydrogen-bond acceptors (Lipinski definition) is 5. The molecule has 5 N–H and O–H groups in total. The topological polar surface area (TPSA) is 144 Å². The Kier molecular flexibility index (Phi) is 9.40. The molecule has 2 aliphatic rings. The second-order valence-electron chi connectivity index (χ2n) is 11.2. The number of aliphatic hydroxyl groups is 1. The van der Waals surface area contributed by atoms with Crippen molar-refractivity contribution in [3.05, 3.63) is 108 Å². The summed E-state index contributed by atoms with van der Waals surface area (Å²) in [5.74, 6) is -2.11. The molecule has 3 aromatic rings. The van der Waals surface area contributed by atoms with Crippen LogP contribution in [0.5, 0.6) is 0 Å². The molecule has 3 heterocycles. The van der Waals surface area contributed by atoms with Crippen molar-refractivity contribution in [1.29, 1.82) is 0 Å². The van der Waals surface area contributed by atoms with Crippen molar-refractivity contribution in [2.75, 3.05) is 6.54 Å². The number of aliphatic hydroxyl groups excluding tert-OH is 1. The Morgan fingerprint density at radius 2 is 1.30 bits per heavy atom.